The molecular formula is C19H32F2. The molecular weight excluding hydrogens is 266 g/mol. The molecule has 1 aliphatic carbocycles. The molecule has 0 amide bonds. The van der Waals surface area contributed by atoms with E-state index in [-0.39, 0.29) is 0 Å². The third-order valence-electron chi connectivity index (χ3n) is 5.02. The zero-order valence-corrected chi connectivity index (χ0v) is 13.6. The van der Waals surface area contributed by atoms with Crippen LogP contribution in [0.3, 0.4) is 0 Å². The third-order valence-corrected chi connectivity index (χ3v) is 5.02. The van der Waals surface area contributed by atoms with E-state index in [4.69, 9.17) is 0 Å². The first-order valence-corrected chi connectivity index (χ1v) is 8.79. The second-order valence-corrected chi connectivity index (χ2v) is 6.67. The third kappa shape index (κ3) is 8.38. The lowest BCUT2D eigenvalue weighted by Gasteiger charge is -2.28. The lowest BCUT2D eigenvalue weighted by molar-refractivity contribution is 0.266. The van der Waals surface area contributed by atoms with Gasteiger partial charge in [-0.25, -0.2) is 0 Å². The van der Waals surface area contributed by atoms with Gasteiger partial charge >= 0.3 is 0 Å². The molecule has 1 fully saturated rings. The van der Waals surface area contributed by atoms with Crippen molar-refractivity contribution in [1.29, 1.82) is 0 Å². The van der Waals surface area contributed by atoms with Crippen LogP contribution in [-0.4, -0.2) is 0 Å². The zero-order valence-electron chi connectivity index (χ0n) is 13.6. The molecule has 0 nitrogen and oxygen atoms in total. The summed E-state index contributed by atoms with van der Waals surface area (Å²) in [5.74, 6) is 2.38. The molecule has 0 saturated heterocycles. The van der Waals surface area contributed by atoms with Gasteiger partial charge in [0, 0.05) is 0 Å². The Morgan fingerprint density at radius 3 is 2.43 bits per heavy atom. The first-order valence-electron chi connectivity index (χ1n) is 8.79. The Labute approximate surface area is 129 Å². The Hall–Kier alpha value is -0.660. The Morgan fingerprint density at radius 1 is 1.14 bits per heavy atom. The van der Waals surface area contributed by atoms with Crippen molar-refractivity contribution < 1.29 is 8.78 Å². The van der Waals surface area contributed by atoms with Crippen LogP contribution in [0.15, 0.2) is 24.8 Å². The van der Waals surface area contributed by atoms with Crippen LogP contribution in [0.2, 0.25) is 0 Å². The molecule has 1 saturated carbocycles. The van der Waals surface area contributed by atoms with E-state index in [0.29, 0.717) is 6.42 Å². The van der Waals surface area contributed by atoms with Gasteiger partial charge in [0.2, 0.25) is 0 Å². The number of allylic oxidation sites excluding steroid dienone is 2. The molecule has 0 bridgehead atoms. The number of hydrogen-bond acceptors (Lipinski definition) is 0. The highest BCUT2D eigenvalue weighted by Crippen LogP contribution is 2.34. The van der Waals surface area contributed by atoms with E-state index in [1.807, 2.05) is 0 Å². The molecule has 2 heteroatoms. The van der Waals surface area contributed by atoms with Gasteiger partial charge in [-0.05, 0) is 62.4 Å². The minimum absolute atomic E-state index is 0.535. The smallest absolute Gasteiger partial charge is 0.174 e. The van der Waals surface area contributed by atoms with Gasteiger partial charge in [-0.15, -0.1) is 6.58 Å². The lowest BCUT2D eigenvalue weighted by Crippen LogP contribution is -2.14. The van der Waals surface area contributed by atoms with E-state index in [2.05, 4.69) is 19.6 Å². The molecule has 0 N–H and O–H groups in total. The van der Waals surface area contributed by atoms with Crippen molar-refractivity contribution >= 4 is 0 Å². The van der Waals surface area contributed by atoms with Crippen molar-refractivity contribution in [2.45, 2.75) is 77.6 Å². The highest BCUT2D eigenvalue weighted by Gasteiger charge is 2.20. The van der Waals surface area contributed by atoms with Gasteiger partial charge in [0.05, 0.1) is 0 Å². The molecule has 1 aliphatic rings. The Morgan fingerprint density at radius 2 is 1.86 bits per heavy atom. The van der Waals surface area contributed by atoms with Gasteiger partial charge in [0.15, 0.2) is 0 Å². The number of hydrogen-bond donors (Lipinski definition) is 0. The topological polar surface area (TPSA) is 0 Å². The second kappa shape index (κ2) is 11.0. The molecule has 0 aromatic carbocycles. The van der Waals surface area contributed by atoms with Gasteiger partial charge in [-0.2, -0.15) is 8.78 Å². The van der Waals surface area contributed by atoms with Gasteiger partial charge < -0.3 is 0 Å². The van der Waals surface area contributed by atoms with Crippen LogP contribution < -0.4 is 0 Å². The molecule has 0 spiro atoms. The molecule has 1 atom stereocenters. The lowest BCUT2D eigenvalue weighted by atomic mass is 9.78. The summed E-state index contributed by atoms with van der Waals surface area (Å²) >= 11 is 0. The van der Waals surface area contributed by atoms with Crippen LogP contribution in [0.25, 0.3) is 0 Å². The van der Waals surface area contributed by atoms with Crippen molar-refractivity contribution in [1.82, 2.24) is 0 Å². The van der Waals surface area contributed by atoms with Crippen LogP contribution >= 0.6 is 0 Å². The van der Waals surface area contributed by atoms with Crippen molar-refractivity contribution in [2.75, 3.05) is 0 Å². The van der Waals surface area contributed by atoms with Crippen molar-refractivity contribution in [3.63, 3.8) is 0 Å². The molecule has 21 heavy (non-hydrogen) atoms. The molecule has 0 aromatic rings. The average Bonchev–Trinajstić information content (AvgIpc) is 2.49. The molecule has 0 aromatic heterocycles. The van der Waals surface area contributed by atoms with Crippen molar-refractivity contribution in [2.24, 2.45) is 17.8 Å². The van der Waals surface area contributed by atoms with E-state index in [9.17, 15) is 8.78 Å². The largest absolute Gasteiger partial charge is 0.266 e. The van der Waals surface area contributed by atoms with Crippen LogP contribution in [0, 0.1) is 17.8 Å². The van der Waals surface area contributed by atoms with Crippen LogP contribution in [0.5, 0.6) is 0 Å². The van der Waals surface area contributed by atoms with E-state index in [1.165, 1.54) is 51.4 Å². The Balaban J connectivity index is 2.21. The summed E-state index contributed by atoms with van der Waals surface area (Å²) in [6.07, 6.45) is 14.6. The summed E-state index contributed by atoms with van der Waals surface area (Å²) in [4.78, 5) is 0. The van der Waals surface area contributed by atoms with Crippen molar-refractivity contribution in [3.8, 4) is 0 Å². The summed E-state index contributed by atoms with van der Waals surface area (Å²) in [5, 5.41) is 0. The van der Waals surface area contributed by atoms with Gasteiger partial charge in [0.25, 0.3) is 6.08 Å². The normalized spacial score (nSPS) is 23.6. The highest BCUT2D eigenvalue weighted by molar-refractivity contribution is 4.84. The highest BCUT2D eigenvalue weighted by atomic mass is 19.3. The Bertz CT molecular complexity index is 297. The summed E-state index contributed by atoms with van der Waals surface area (Å²) in [7, 11) is 0. The summed E-state index contributed by atoms with van der Waals surface area (Å²) in [6, 6.07) is 0. The predicted octanol–water partition coefficient (Wildman–Crippen LogP) is 7.13. The molecule has 0 radical (unpaired) electrons. The van der Waals surface area contributed by atoms with E-state index >= 15 is 0 Å². The predicted molar refractivity (Wildman–Crippen MR) is 87.4 cm³/mol. The van der Waals surface area contributed by atoms with Crippen LogP contribution in [0.1, 0.15) is 77.6 Å². The fraction of sp³-hybridized carbons (Fsp3) is 0.789. The maximum atomic E-state index is 12.0. The summed E-state index contributed by atoms with van der Waals surface area (Å²) in [6.45, 7) is 6.13. The summed E-state index contributed by atoms with van der Waals surface area (Å²) < 4.78 is 24.0. The van der Waals surface area contributed by atoms with Gasteiger partial charge in [0.1, 0.15) is 0 Å². The number of unbranched alkanes of at least 4 members (excludes halogenated alkanes) is 1. The monoisotopic (exact) mass is 298 g/mol. The average molecular weight is 298 g/mol. The number of halogens is 2. The number of rotatable bonds is 10. The fourth-order valence-corrected chi connectivity index (χ4v) is 3.64. The maximum absolute atomic E-state index is 12.0. The van der Waals surface area contributed by atoms with Crippen molar-refractivity contribution in [3.05, 3.63) is 24.8 Å². The second-order valence-electron chi connectivity index (χ2n) is 6.67. The molecule has 1 rings (SSSR count). The first-order chi connectivity index (χ1) is 10.2. The first kappa shape index (κ1) is 18.4. The van der Waals surface area contributed by atoms with Crippen LogP contribution in [0.4, 0.5) is 8.78 Å². The van der Waals surface area contributed by atoms with Gasteiger partial charge in [-0.3, -0.25) is 0 Å². The van der Waals surface area contributed by atoms with E-state index in [1.54, 1.807) is 0 Å². The minimum atomic E-state index is -1.53. The molecule has 0 heterocycles. The maximum Gasteiger partial charge on any atom is 0.266 e. The standard InChI is InChI=1S/C19H32F2/c1-3-7-17(8-5-6-9-19(20)21)14-15-18-12-10-16(4-2)11-13-18/h4,9,16-18H,2-3,5-8,10-15H2,1H3. The molecule has 0 aliphatic heterocycles. The van der Waals surface area contributed by atoms with Gasteiger partial charge in [-0.1, -0.05) is 45.1 Å². The molecule has 122 valence electrons. The minimum Gasteiger partial charge on any atom is -0.174 e. The van der Waals surface area contributed by atoms with E-state index in [0.717, 1.165) is 36.7 Å². The SMILES string of the molecule is C=CC1CCC(CCC(CCC)CCCC=C(F)F)CC1. The summed E-state index contributed by atoms with van der Waals surface area (Å²) in [5.41, 5.74) is 0. The van der Waals surface area contributed by atoms with E-state index < -0.39 is 6.08 Å². The zero-order chi connectivity index (χ0) is 15.5. The quantitative estimate of drug-likeness (QED) is 0.297. The Kier molecular flexibility index (Phi) is 9.62. The molecule has 1 unspecified atom stereocenters. The fourth-order valence-electron chi connectivity index (χ4n) is 3.64. The van der Waals surface area contributed by atoms with Crippen LogP contribution in [-0.2, 0) is 0 Å².